The van der Waals surface area contributed by atoms with Crippen molar-refractivity contribution >= 4 is 10.8 Å². The maximum atomic E-state index is 11.4. The average molecular weight is 236 g/mol. The first-order chi connectivity index (χ1) is 8.75. The third kappa shape index (κ3) is 1.70. The maximum absolute atomic E-state index is 11.4. The van der Waals surface area contributed by atoms with Gasteiger partial charge in [-0.3, -0.25) is 9.78 Å². The molecule has 88 valence electrons. The van der Waals surface area contributed by atoms with Crippen LogP contribution in [0.4, 0.5) is 0 Å². The highest BCUT2D eigenvalue weighted by Gasteiger charge is 2.05. The van der Waals surface area contributed by atoms with E-state index in [0.29, 0.717) is 5.56 Å². The van der Waals surface area contributed by atoms with E-state index < -0.39 is 0 Å². The summed E-state index contributed by atoms with van der Waals surface area (Å²) in [5.41, 5.74) is 2.68. The Morgan fingerprint density at radius 2 is 2.00 bits per heavy atom. The first-order valence-corrected chi connectivity index (χ1v) is 5.78. The SMILES string of the molecule is Cc1cc(-c2cncc3ccccc23)c[nH]c1=O. The van der Waals surface area contributed by atoms with Crippen molar-refractivity contribution in [1.29, 1.82) is 0 Å². The van der Waals surface area contributed by atoms with Crippen LogP contribution in [-0.4, -0.2) is 9.97 Å². The Morgan fingerprint density at radius 3 is 2.83 bits per heavy atom. The van der Waals surface area contributed by atoms with E-state index in [9.17, 15) is 4.79 Å². The fourth-order valence-corrected chi connectivity index (χ4v) is 2.10. The summed E-state index contributed by atoms with van der Waals surface area (Å²) in [7, 11) is 0. The second kappa shape index (κ2) is 4.11. The number of nitrogens with one attached hydrogen (secondary N) is 1. The van der Waals surface area contributed by atoms with Crippen LogP contribution in [-0.2, 0) is 0 Å². The van der Waals surface area contributed by atoms with Gasteiger partial charge in [0.2, 0.25) is 0 Å². The molecule has 0 aliphatic carbocycles. The standard InChI is InChI=1S/C15H12N2O/c1-10-6-12(8-17-15(10)18)14-9-16-7-11-4-2-3-5-13(11)14/h2-9H,1H3,(H,17,18). The van der Waals surface area contributed by atoms with Gasteiger partial charge in [0.05, 0.1) is 0 Å². The summed E-state index contributed by atoms with van der Waals surface area (Å²) in [5, 5.41) is 2.23. The van der Waals surface area contributed by atoms with Crippen LogP contribution in [0.1, 0.15) is 5.56 Å². The molecular formula is C15H12N2O. The molecule has 0 radical (unpaired) electrons. The molecule has 3 aromatic rings. The molecule has 0 aliphatic rings. The van der Waals surface area contributed by atoms with Crippen LogP contribution in [0.25, 0.3) is 21.9 Å². The number of H-pyrrole nitrogens is 1. The molecule has 1 aromatic carbocycles. The van der Waals surface area contributed by atoms with Crippen LogP contribution >= 0.6 is 0 Å². The highest BCUT2D eigenvalue weighted by Crippen LogP contribution is 2.26. The van der Waals surface area contributed by atoms with Crippen molar-refractivity contribution in [1.82, 2.24) is 9.97 Å². The predicted octanol–water partition coefficient (Wildman–Crippen LogP) is 2.90. The molecule has 1 N–H and O–H groups in total. The summed E-state index contributed by atoms with van der Waals surface area (Å²) in [4.78, 5) is 18.4. The Kier molecular flexibility index (Phi) is 2.45. The van der Waals surface area contributed by atoms with Gasteiger partial charge in [-0.1, -0.05) is 24.3 Å². The van der Waals surface area contributed by atoms with Crippen molar-refractivity contribution in [3.8, 4) is 11.1 Å². The first-order valence-electron chi connectivity index (χ1n) is 5.78. The molecule has 0 atom stereocenters. The molecule has 0 aliphatic heterocycles. The molecule has 0 spiro atoms. The van der Waals surface area contributed by atoms with Gasteiger partial charge in [0.15, 0.2) is 0 Å². The van der Waals surface area contributed by atoms with E-state index in [1.54, 1.807) is 13.1 Å². The quantitative estimate of drug-likeness (QED) is 0.706. The van der Waals surface area contributed by atoms with Gasteiger partial charge in [0.1, 0.15) is 0 Å². The molecule has 3 rings (SSSR count). The molecule has 0 saturated carbocycles. The summed E-state index contributed by atoms with van der Waals surface area (Å²) in [6.07, 6.45) is 5.41. The van der Waals surface area contributed by atoms with Crippen LogP contribution in [0.5, 0.6) is 0 Å². The largest absolute Gasteiger partial charge is 0.328 e. The third-order valence-corrected chi connectivity index (χ3v) is 3.07. The fraction of sp³-hybridized carbons (Fsp3) is 0.0667. The van der Waals surface area contributed by atoms with Gasteiger partial charge in [-0.2, -0.15) is 0 Å². The van der Waals surface area contributed by atoms with E-state index in [0.717, 1.165) is 21.9 Å². The highest BCUT2D eigenvalue weighted by molar-refractivity contribution is 5.95. The van der Waals surface area contributed by atoms with Crippen LogP contribution < -0.4 is 5.56 Å². The van der Waals surface area contributed by atoms with Gasteiger partial charge in [0, 0.05) is 40.7 Å². The smallest absolute Gasteiger partial charge is 0.250 e. The number of nitrogens with zero attached hydrogens (tertiary/aromatic N) is 1. The van der Waals surface area contributed by atoms with E-state index in [1.807, 2.05) is 36.7 Å². The lowest BCUT2D eigenvalue weighted by molar-refractivity contribution is 1.18. The second-order valence-corrected chi connectivity index (χ2v) is 4.31. The highest BCUT2D eigenvalue weighted by atomic mass is 16.1. The van der Waals surface area contributed by atoms with Crippen LogP contribution in [0.15, 0.2) is 53.7 Å². The summed E-state index contributed by atoms with van der Waals surface area (Å²) in [6.45, 7) is 1.81. The van der Waals surface area contributed by atoms with E-state index in [1.165, 1.54) is 0 Å². The maximum Gasteiger partial charge on any atom is 0.250 e. The summed E-state index contributed by atoms with van der Waals surface area (Å²) in [6, 6.07) is 9.98. The summed E-state index contributed by atoms with van der Waals surface area (Å²) in [5.74, 6) is 0. The zero-order chi connectivity index (χ0) is 12.5. The minimum atomic E-state index is -0.0491. The van der Waals surface area contributed by atoms with E-state index in [-0.39, 0.29) is 5.56 Å². The van der Waals surface area contributed by atoms with Crippen molar-refractivity contribution in [3.05, 3.63) is 64.8 Å². The number of rotatable bonds is 1. The molecule has 0 bridgehead atoms. The molecule has 3 heteroatoms. The van der Waals surface area contributed by atoms with Gasteiger partial charge in [-0.05, 0) is 18.4 Å². The lowest BCUT2D eigenvalue weighted by atomic mass is 10.0. The van der Waals surface area contributed by atoms with Gasteiger partial charge in [-0.25, -0.2) is 0 Å². The normalized spacial score (nSPS) is 10.7. The molecular weight excluding hydrogens is 224 g/mol. The number of aromatic amines is 1. The van der Waals surface area contributed by atoms with Gasteiger partial charge >= 0.3 is 0 Å². The second-order valence-electron chi connectivity index (χ2n) is 4.31. The minimum Gasteiger partial charge on any atom is -0.328 e. The van der Waals surface area contributed by atoms with Crippen LogP contribution in [0, 0.1) is 6.92 Å². The monoisotopic (exact) mass is 236 g/mol. The number of hydrogen-bond acceptors (Lipinski definition) is 2. The summed E-state index contributed by atoms with van der Waals surface area (Å²) >= 11 is 0. The number of hydrogen-bond donors (Lipinski definition) is 1. The molecule has 2 heterocycles. The molecule has 3 nitrogen and oxygen atoms in total. The number of pyridine rings is 2. The zero-order valence-corrected chi connectivity index (χ0v) is 9.97. The number of aryl methyl sites for hydroxylation is 1. The third-order valence-electron chi connectivity index (χ3n) is 3.07. The minimum absolute atomic E-state index is 0.0491. The van der Waals surface area contributed by atoms with Crippen molar-refractivity contribution < 1.29 is 0 Å². The van der Waals surface area contributed by atoms with Crippen LogP contribution in [0.2, 0.25) is 0 Å². The van der Waals surface area contributed by atoms with Crippen molar-refractivity contribution in [2.45, 2.75) is 6.92 Å². The Labute approximate surface area is 104 Å². The van der Waals surface area contributed by atoms with E-state index in [4.69, 9.17) is 0 Å². The van der Waals surface area contributed by atoms with Crippen molar-refractivity contribution in [2.75, 3.05) is 0 Å². The molecule has 0 saturated heterocycles. The number of fused-ring (bicyclic) bond motifs is 1. The Hall–Kier alpha value is -2.42. The van der Waals surface area contributed by atoms with Gasteiger partial charge in [-0.15, -0.1) is 0 Å². The van der Waals surface area contributed by atoms with Crippen molar-refractivity contribution in [2.24, 2.45) is 0 Å². The molecule has 18 heavy (non-hydrogen) atoms. The lowest BCUT2D eigenvalue weighted by Gasteiger charge is -2.06. The van der Waals surface area contributed by atoms with Crippen LogP contribution in [0.3, 0.4) is 0 Å². The Morgan fingerprint density at radius 1 is 1.17 bits per heavy atom. The molecule has 0 unspecified atom stereocenters. The molecule has 2 aromatic heterocycles. The number of benzene rings is 1. The predicted molar refractivity (Wildman–Crippen MR) is 72.5 cm³/mol. The Bertz CT molecular complexity index is 769. The molecule has 0 amide bonds. The number of aromatic nitrogens is 2. The molecule has 0 fully saturated rings. The van der Waals surface area contributed by atoms with E-state index in [2.05, 4.69) is 16.0 Å². The summed E-state index contributed by atoms with van der Waals surface area (Å²) < 4.78 is 0. The van der Waals surface area contributed by atoms with E-state index >= 15 is 0 Å². The van der Waals surface area contributed by atoms with Gasteiger partial charge in [0.25, 0.3) is 5.56 Å². The average Bonchev–Trinajstić information content (AvgIpc) is 2.41. The van der Waals surface area contributed by atoms with Crippen molar-refractivity contribution in [3.63, 3.8) is 0 Å². The van der Waals surface area contributed by atoms with Gasteiger partial charge < -0.3 is 4.98 Å². The fourth-order valence-electron chi connectivity index (χ4n) is 2.10. The first kappa shape index (κ1) is 10.7. The zero-order valence-electron chi connectivity index (χ0n) is 9.97. The topological polar surface area (TPSA) is 45.8 Å². The Balaban J connectivity index is 2.31. The lowest BCUT2D eigenvalue weighted by Crippen LogP contribution is -2.07.